The van der Waals surface area contributed by atoms with E-state index in [1.807, 2.05) is 0 Å². The Morgan fingerprint density at radius 2 is 1.14 bits per heavy atom. The first-order valence-electron chi connectivity index (χ1n) is 3.68. The van der Waals surface area contributed by atoms with E-state index in [0.29, 0.717) is 0 Å². The van der Waals surface area contributed by atoms with Gasteiger partial charge in [-0.05, 0) is 24.3 Å². The van der Waals surface area contributed by atoms with Gasteiger partial charge >= 0.3 is 0 Å². The summed E-state index contributed by atoms with van der Waals surface area (Å²) >= 11 is 0. The second kappa shape index (κ2) is 5.30. The predicted molar refractivity (Wildman–Crippen MR) is 51.8 cm³/mol. The van der Waals surface area contributed by atoms with Gasteiger partial charge in [-0.3, -0.25) is 10.9 Å². The van der Waals surface area contributed by atoms with Gasteiger partial charge in [-0.2, -0.15) is 0 Å². The summed E-state index contributed by atoms with van der Waals surface area (Å²) in [5.41, 5.74) is 6.73. The minimum atomic E-state index is 0.759. The molecule has 0 saturated heterocycles. The molecule has 74 valence electrons. The van der Waals surface area contributed by atoms with Crippen LogP contribution in [0.5, 0.6) is 0 Å². The molecule has 1 aromatic rings. The Morgan fingerprint density at radius 1 is 0.786 bits per heavy atom. The number of hydrogen-bond acceptors (Lipinski definition) is 4. The van der Waals surface area contributed by atoms with Crippen molar-refractivity contribution in [3.05, 3.63) is 24.3 Å². The molecule has 0 aliphatic rings. The highest BCUT2D eigenvalue weighted by molar-refractivity contribution is 5.52. The molecule has 14 heavy (non-hydrogen) atoms. The highest BCUT2D eigenvalue weighted by Crippen LogP contribution is 2.13. The molecular formula is C6H10N8. The van der Waals surface area contributed by atoms with Gasteiger partial charge in [-0.25, -0.2) is 0 Å². The fraction of sp³-hybridized carbons (Fsp3) is 0. The van der Waals surface area contributed by atoms with Gasteiger partial charge in [0.1, 0.15) is 0 Å². The van der Waals surface area contributed by atoms with Crippen molar-refractivity contribution >= 4 is 11.4 Å². The summed E-state index contributed by atoms with van der Waals surface area (Å²) in [5, 5.41) is 12.9. The third-order valence-corrected chi connectivity index (χ3v) is 1.36. The molecule has 0 aliphatic carbocycles. The molecule has 1 aromatic carbocycles. The zero-order valence-corrected chi connectivity index (χ0v) is 7.25. The second-order valence-corrected chi connectivity index (χ2v) is 2.23. The zero-order chi connectivity index (χ0) is 10.2. The molecule has 6 N–H and O–H groups in total. The molecule has 0 aliphatic heterocycles. The first-order valence-corrected chi connectivity index (χ1v) is 3.68. The molecule has 8 nitrogen and oxygen atoms in total. The van der Waals surface area contributed by atoms with Crippen LogP contribution >= 0.6 is 0 Å². The van der Waals surface area contributed by atoms with Gasteiger partial charge in [0.15, 0.2) is 0 Å². The monoisotopic (exact) mass is 194 g/mol. The topological polar surface area (TPSA) is 126 Å². The van der Waals surface area contributed by atoms with Crippen LogP contribution in [0.4, 0.5) is 11.4 Å². The number of nitrogens with one attached hydrogen (secondary N) is 2. The van der Waals surface area contributed by atoms with E-state index in [9.17, 15) is 0 Å². The molecule has 0 unspecified atom stereocenters. The van der Waals surface area contributed by atoms with Crippen LogP contribution in [0.1, 0.15) is 0 Å². The van der Waals surface area contributed by atoms with Crippen molar-refractivity contribution in [3.8, 4) is 0 Å². The molecule has 0 spiro atoms. The quantitative estimate of drug-likeness (QED) is 0.324. The maximum Gasteiger partial charge on any atom is 0.0581 e. The maximum atomic E-state index is 4.81. The van der Waals surface area contributed by atoms with Crippen LogP contribution in [0.15, 0.2) is 45.2 Å². The zero-order valence-electron chi connectivity index (χ0n) is 7.25. The van der Waals surface area contributed by atoms with Crippen LogP contribution in [0.3, 0.4) is 0 Å². The molecule has 0 saturated carbocycles. The number of nitrogens with zero attached hydrogens (tertiary/aromatic N) is 4. The van der Waals surface area contributed by atoms with Gasteiger partial charge in [0.25, 0.3) is 0 Å². The third-order valence-electron chi connectivity index (χ3n) is 1.36. The highest BCUT2D eigenvalue weighted by atomic mass is 15.5. The number of hydrogen-bond donors (Lipinski definition) is 4. The number of anilines is 2. The van der Waals surface area contributed by atoms with E-state index in [4.69, 9.17) is 11.7 Å². The van der Waals surface area contributed by atoms with Crippen molar-refractivity contribution in [1.29, 1.82) is 0 Å². The minimum Gasteiger partial charge on any atom is -0.303 e. The lowest BCUT2D eigenvalue weighted by molar-refractivity contribution is 0.999. The third kappa shape index (κ3) is 2.93. The Morgan fingerprint density at radius 3 is 1.43 bits per heavy atom. The van der Waals surface area contributed by atoms with Crippen molar-refractivity contribution in [2.75, 3.05) is 10.9 Å². The summed E-state index contributed by atoms with van der Waals surface area (Å²) in [7, 11) is 0. The number of nitrogens with two attached hydrogens (primary N) is 2. The molecule has 8 heteroatoms. The molecule has 0 bridgehead atoms. The van der Waals surface area contributed by atoms with Gasteiger partial charge < -0.3 is 11.7 Å². The maximum absolute atomic E-state index is 4.81. The van der Waals surface area contributed by atoms with Gasteiger partial charge in [-0.1, -0.05) is 20.9 Å². The molecular weight excluding hydrogens is 184 g/mol. The second-order valence-electron chi connectivity index (χ2n) is 2.23. The summed E-state index contributed by atoms with van der Waals surface area (Å²) in [4.78, 5) is 0. The first kappa shape index (κ1) is 9.71. The molecule has 0 amide bonds. The Labute approximate surface area is 80.0 Å². The van der Waals surface area contributed by atoms with Crippen molar-refractivity contribution in [2.45, 2.75) is 0 Å². The van der Waals surface area contributed by atoms with Gasteiger partial charge in [0, 0.05) is 0 Å². The summed E-state index contributed by atoms with van der Waals surface area (Å²) in [6, 6.07) is 7.07. The number of rotatable bonds is 4. The van der Waals surface area contributed by atoms with Crippen LogP contribution in [-0.4, -0.2) is 0 Å². The van der Waals surface area contributed by atoms with Gasteiger partial charge in [-0.15, -0.1) is 0 Å². The van der Waals surface area contributed by atoms with Crippen LogP contribution in [-0.2, 0) is 0 Å². The first-order chi connectivity index (χ1) is 6.86. The molecule has 0 radical (unpaired) electrons. The molecule has 1 rings (SSSR count). The minimum absolute atomic E-state index is 0.759. The average Bonchev–Trinajstić information content (AvgIpc) is 2.25. The van der Waals surface area contributed by atoms with E-state index in [2.05, 4.69) is 31.7 Å². The lowest BCUT2D eigenvalue weighted by atomic mass is 10.3. The van der Waals surface area contributed by atoms with Crippen LogP contribution in [0.2, 0.25) is 0 Å². The van der Waals surface area contributed by atoms with Gasteiger partial charge in [0.2, 0.25) is 0 Å². The van der Waals surface area contributed by atoms with Crippen LogP contribution < -0.4 is 22.5 Å². The predicted octanol–water partition coefficient (Wildman–Crippen LogP) is 0.992. The lowest BCUT2D eigenvalue weighted by Gasteiger charge is -2.00. The summed E-state index contributed by atoms with van der Waals surface area (Å²) in [6.45, 7) is 0. The standard InChI is InChI=1S/C6H10N8/c7-11-13-9-5-1-2-6(4-3-5)10-14-12-8/h1-4H,(H2,7,13)(H2,8,14)(H,9,11)(H,10,12). The van der Waals surface area contributed by atoms with Gasteiger partial charge in [0.05, 0.1) is 11.4 Å². The number of benzene rings is 1. The van der Waals surface area contributed by atoms with E-state index < -0.39 is 0 Å². The Balaban J connectivity index is 2.58. The Hall–Kier alpha value is -2.38. The highest BCUT2D eigenvalue weighted by Gasteiger charge is 1.91. The van der Waals surface area contributed by atoms with E-state index in [-0.39, 0.29) is 0 Å². The van der Waals surface area contributed by atoms with Crippen molar-refractivity contribution in [2.24, 2.45) is 32.6 Å². The van der Waals surface area contributed by atoms with Crippen molar-refractivity contribution in [1.82, 2.24) is 0 Å². The smallest absolute Gasteiger partial charge is 0.0581 e. The molecule has 0 fully saturated rings. The van der Waals surface area contributed by atoms with Crippen LogP contribution in [0.25, 0.3) is 0 Å². The normalized spacial score (nSPS) is 10.9. The van der Waals surface area contributed by atoms with Crippen molar-refractivity contribution in [3.63, 3.8) is 0 Å². The Bertz CT molecular complexity index is 282. The SMILES string of the molecule is NN=NNc1ccc(NN=NN)cc1. The fourth-order valence-electron chi connectivity index (χ4n) is 0.793. The van der Waals surface area contributed by atoms with E-state index in [1.54, 1.807) is 24.3 Å². The van der Waals surface area contributed by atoms with E-state index in [1.165, 1.54) is 0 Å². The summed E-state index contributed by atoms with van der Waals surface area (Å²) in [5.74, 6) is 9.63. The van der Waals surface area contributed by atoms with E-state index in [0.717, 1.165) is 11.4 Å². The average molecular weight is 194 g/mol. The fourth-order valence-corrected chi connectivity index (χ4v) is 0.793. The molecule has 0 heterocycles. The summed E-state index contributed by atoms with van der Waals surface area (Å²) < 4.78 is 0. The molecule has 0 atom stereocenters. The summed E-state index contributed by atoms with van der Waals surface area (Å²) in [6.07, 6.45) is 0. The van der Waals surface area contributed by atoms with E-state index >= 15 is 0 Å². The Kier molecular flexibility index (Phi) is 3.67. The lowest BCUT2D eigenvalue weighted by Crippen LogP contribution is -1.91. The van der Waals surface area contributed by atoms with Crippen LogP contribution in [0, 0.1) is 0 Å². The molecule has 0 aromatic heterocycles. The van der Waals surface area contributed by atoms with Crippen molar-refractivity contribution < 1.29 is 0 Å². The largest absolute Gasteiger partial charge is 0.303 e.